The van der Waals surface area contributed by atoms with Gasteiger partial charge >= 0.3 is 18.0 Å². The monoisotopic (exact) mass is 869 g/mol. The van der Waals surface area contributed by atoms with Crippen LogP contribution in [0.2, 0.25) is 0 Å². The van der Waals surface area contributed by atoms with Gasteiger partial charge in [0, 0.05) is 45.7 Å². The van der Waals surface area contributed by atoms with Gasteiger partial charge in [0.1, 0.15) is 31.3 Å². The van der Waals surface area contributed by atoms with Crippen LogP contribution < -0.4 is 37.6 Å². The summed E-state index contributed by atoms with van der Waals surface area (Å²) in [4.78, 5) is 98.2. The molecule has 22 heteroatoms. The number of rotatable bonds is 34. The molecule has 1 aromatic carbocycles. The van der Waals surface area contributed by atoms with E-state index in [2.05, 4.69) is 31.9 Å². The number of urea groups is 1. The number of methoxy groups -OCH3 is 1. The molecule has 0 heterocycles. The second kappa shape index (κ2) is 32.4. The van der Waals surface area contributed by atoms with Crippen molar-refractivity contribution in [3.8, 4) is 0 Å². The lowest BCUT2D eigenvalue weighted by Gasteiger charge is -2.27. The van der Waals surface area contributed by atoms with Crippen LogP contribution in [0, 0.1) is 5.92 Å². The van der Waals surface area contributed by atoms with Gasteiger partial charge in [-0.25, -0.2) is 4.79 Å². The van der Waals surface area contributed by atoms with Crippen LogP contribution in [0.5, 0.6) is 0 Å². The minimum absolute atomic E-state index is 0.0101. The average molecular weight is 870 g/mol. The number of ether oxygens (including phenoxy) is 6. The van der Waals surface area contributed by atoms with Gasteiger partial charge in [-0.1, -0.05) is 26.0 Å². The Balaban J connectivity index is 2.67. The summed E-state index contributed by atoms with van der Waals surface area (Å²) in [5, 5.41) is 24.8. The molecule has 1 aromatic rings. The standard InChI is InChI=1S/C39H63N7O15/c1-26(2)35(38(54)45-30(6-5-14-42-39(40)55)36(52)43-29-9-7-28(8-10-29)24-61-27(3)47)46-37(53)31(11-12-34(50)51)44-32(48)13-16-57-18-20-59-22-23-60-21-19-58-17-15-41-33(49)25-56-4/h7-10,26,30-31,35H,5-6,11-25H2,1-4H3,(H,41,49)(H,43,52)(H,44,48)(H,45,54)(H,46,53)(H,50,51)(H3,40,42,55)/t30-,31-,35-/m0/s1. The van der Waals surface area contributed by atoms with Gasteiger partial charge in [0.15, 0.2) is 0 Å². The van der Waals surface area contributed by atoms with Crippen LogP contribution in [-0.2, 0) is 68.6 Å². The van der Waals surface area contributed by atoms with Gasteiger partial charge in [-0.3, -0.25) is 33.6 Å². The van der Waals surface area contributed by atoms with Crippen molar-refractivity contribution in [3.05, 3.63) is 29.8 Å². The number of carboxylic acid groups (broad SMARTS) is 1. The van der Waals surface area contributed by atoms with Crippen molar-refractivity contribution in [2.75, 3.05) is 85.0 Å². The Kier molecular flexibility index (Phi) is 28.4. The molecule has 0 saturated carbocycles. The van der Waals surface area contributed by atoms with E-state index in [1.807, 2.05) is 0 Å². The van der Waals surface area contributed by atoms with Gasteiger partial charge in [-0.2, -0.15) is 0 Å². The van der Waals surface area contributed by atoms with Crippen LogP contribution in [0.3, 0.4) is 0 Å². The zero-order valence-electron chi connectivity index (χ0n) is 35.4. The summed E-state index contributed by atoms with van der Waals surface area (Å²) in [7, 11) is 1.43. The number of amides is 7. The highest BCUT2D eigenvalue weighted by Crippen LogP contribution is 2.13. The second-order valence-electron chi connectivity index (χ2n) is 13.7. The smallest absolute Gasteiger partial charge is 0.312 e. The van der Waals surface area contributed by atoms with Crippen molar-refractivity contribution in [1.29, 1.82) is 0 Å². The predicted octanol–water partition coefficient (Wildman–Crippen LogP) is -0.669. The zero-order chi connectivity index (χ0) is 45.4. The number of esters is 1. The molecule has 1 rings (SSSR count). The number of benzene rings is 1. The van der Waals surface area contributed by atoms with Crippen molar-refractivity contribution in [1.82, 2.24) is 26.6 Å². The lowest BCUT2D eigenvalue weighted by Crippen LogP contribution is -2.58. The van der Waals surface area contributed by atoms with E-state index in [0.29, 0.717) is 50.8 Å². The number of hydrogen-bond acceptors (Lipinski definition) is 14. The van der Waals surface area contributed by atoms with Crippen molar-refractivity contribution in [2.45, 2.75) is 77.6 Å². The molecule has 0 aliphatic heterocycles. The first-order valence-corrected chi connectivity index (χ1v) is 19.9. The number of nitrogens with two attached hydrogens (primary N) is 1. The fraction of sp³-hybridized carbons (Fsp3) is 0.641. The topological polar surface area (TPSA) is 310 Å². The minimum atomic E-state index is -1.31. The highest BCUT2D eigenvalue weighted by atomic mass is 16.6. The number of carbonyl (C=O) groups excluding carboxylic acids is 7. The number of nitrogens with one attached hydrogen (secondary N) is 6. The molecule has 0 unspecified atom stereocenters. The number of hydrogen-bond donors (Lipinski definition) is 8. The summed E-state index contributed by atoms with van der Waals surface area (Å²) in [6, 6.07) is 2.07. The predicted molar refractivity (Wildman–Crippen MR) is 218 cm³/mol. The van der Waals surface area contributed by atoms with Gasteiger partial charge in [0.2, 0.25) is 29.5 Å². The lowest BCUT2D eigenvalue weighted by molar-refractivity contribution is -0.142. The number of carbonyl (C=O) groups is 8. The molecule has 3 atom stereocenters. The molecule has 0 spiro atoms. The summed E-state index contributed by atoms with van der Waals surface area (Å²) in [6.07, 6.45) is -0.566. The van der Waals surface area contributed by atoms with Gasteiger partial charge in [-0.05, 0) is 42.9 Å². The van der Waals surface area contributed by atoms with E-state index in [1.165, 1.54) is 14.0 Å². The van der Waals surface area contributed by atoms with E-state index >= 15 is 0 Å². The van der Waals surface area contributed by atoms with E-state index in [9.17, 15) is 43.5 Å². The molecule has 0 radical (unpaired) electrons. The molecular formula is C39H63N7O15. The quantitative estimate of drug-likeness (QED) is 0.0315. The van der Waals surface area contributed by atoms with Crippen molar-refractivity contribution >= 4 is 53.2 Å². The van der Waals surface area contributed by atoms with Crippen molar-refractivity contribution in [2.24, 2.45) is 11.7 Å². The number of aliphatic carboxylic acids is 1. The Labute approximate surface area is 355 Å². The van der Waals surface area contributed by atoms with Gasteiger partial charge in [0.05, 0.1) is 52.9 Å². The third kappa shape index (κ3) is 27.1. The molecule has 22 nitrogen and oxygen atoms in total. The van der Waals surface area contributed by atoms with Gasteiger partial charge < -0.3 is 71.2 Å². The highest BCUT2D eigenvalue weighted by Gasteiger charge is 2.31. The maximum absolute atomic E-state index is 13.6. The zero-order valence-corrected chi connectivity index (χ0v) is 35.4. The average Bonchev–Trinajstić information content (AvgIpc) is 3.20. The molecule has 0 bridgehead atoms. The van der Waals surface area contributed by atoms with Crippen LogP contribution >= 0.6 is 0 Å². The number of anilines is 1. The van der Waals surface area contributed by atoms with Crippen LogP contribution in [0.1, 0.15) is 58.4 Å². The second-order valence-corrected chi connectivity index (χ2v) is 13.7. The Morgan fingerprint density at radius 3 is 1.82 bits per heavy atom. The van der Waals surface area contributed by atoms with Crippen LogP contribution in [0.25, 0.3) is 0 Å². The first-order valence-electron chi connectivity index (χ1n) is 19.9. The number of carboxylic acids is 1. The third-order valence-electron chi connectivity index (χ3n) is 8.24. The van der Waals surface area contributed by atoms with E-state index < -0.39 is 72.1 Å². The fourth-order valence-electron chi connectivity index (χ4n) is 5.11. The first-order chi connectivity index (χ1) is 29.1. The summed E-state index contributed by atoms with van der Waals surface area (Å²) in [5.41, 5.74) is 6.21. The maximum atomic E-state index is 13.6. The van der Waals surface area contributed by atoms with Crippen LogP contribution in [0.4, 0.5) is 10.5 Å². The van der Waals surface area contributed by atoms with E-state index in [-0.39, 0.29) is 71.2 Å². The van der Waals surface area contributed by atoms with E-state index in [4.69, 9.17) is 34.2 Å². The van der Waals surface area contributed by atoms with E-state index in [1.54, 1.807) is 38.1 Å². The van der Waals surface area contributed by atoms with Gasteiger partial charge in [-0.15, -0.1) is 0 Å². The van der Waals surface area contributed by atoms with Crippen molar-refractivity contribution < 1.29 is 71.9 Å². The SMILES string of the molecule is COCC(=O)NCCOCCOCCOCCOCCC(=O)N[C@@H](CCC(=O)O)C(=O)N[C@H](C(=O)N[C@@H](CCCNC(N)=O)C(=O)Nc1ccc(COC(C)=O)cc1)C(C)C. The minimum Gasteiger partial charge on any atom is -0.481 e. The third-order valence-corrected chi connectivity index (χ3v) is 8.24. The molecule has 0 aliphatic carbocycles. The van der Waals surface area contributed by atoms with Gasteiger partial charge in [0.25, 0.3) is 0 Å². The first kappa shape index (κ1) is 53.6. The molecule has 0 aliphatic rings. The molecule has 9 N–H and O–H groups in total. The molecule has 0 saturated heterocycles. The van der Waals surface area contributed by atoms with Crippen LogP contribution in [0.15, 0.2) is 24.3 Å². The Morgan fingerprint density at radius 1 is 0.672 bits per heavy atom. The molecule has 0 aromatic heterocycles. The summed E-state index contributed by atoms with van der Waals surface area (Å²) in [6.45, 7) is 7.12. The Morgan fingerprint density at radius 2 is 1.26 bits per heavy atom. The Bertz CT molecular complexity index is 1510. The molecule has 344 valence electrons. The molecular weight excluding hydrogens is 806 g/mol. The van der Waals surface area contributed by atoms with Crippen LogP contribution in [-0.4, -0.2) is 150 Å². The highest BCUT2D eigenvalue weighted by molar-refractivity contribution is 5.99. The number of primary amides is 1. The largest absolute Gasteiger partial charge is 0.481 e. The normalized spacial score (nSPS) is 12.3. The van der Waals surface area contributed by atoms with E-state index in [0.717, 1.165) is 0 Å². The fourth-order valence-corrected chi connectivity index (χ4v) is 5.11. The summed E-state index contributed by atoms with van der Waals surface area (Å²) < 4.78 is 31.3. The Hall–Kier alpha value is -5.42. The van der Waals surface area contributed by atoms with Crippen molar-refractivity contribution in [3.63, 3.8) is 0 Å². The maximum Gasteiger partial charge on any atom is 0.312 e. The molecule has 61 heavy (non-hydrogen) atoms. The molecule has 7 amide bonds. The lowest BCUT2D eigenvalue weighted by atomic mass is 10.0. The summed E-state index contributed by atoms with van der Waals surface area (Å²) >= 11 is 0. The molecule has 0 fully saturated rings. The summed E-state index contributed by atoms with van der Waals surface area (Å²) in [5.74, 6) is -5.11.